The summed E-state index contributed by atoms with van der Waals surface area (Å²) in [7, 11) is -3.57. The Labute approximate surface area is 336 Å². The fraction of sp³-hybridized carbons (Fsp3) is 0.368. The van der Waals surface area contributed by atoms with Crippen molar-refractivity contribution in [2.45, 2.75) is 86.0 Å². The molecule has 0 radical (unpaired) electrons. The molecule has 18 heteroatoms. The number of aromatic nitrogens is 6. The first kappa shape index (κ1) is 42.6. The predicted octanol–water partition coefficient (Wildman–Crippen LogP) is 8.55. The van der Waals surface area contributed by atoms with E-state index in [1.807, 2.05) is 100 Å². The average molecular weight is 835 g/mol. The van der Waals surface area contributed by atoms with Crippen molar-refractivity contribution in [1.82, 2.24) is 30.8 Å². The Balaban J connectivity index is 0.000000143. The standard InChI is InChI=1S/2C10H12N2OS.2C9H11N3OS/c2*1-2-5-14(13)9-4-3-8-7-11-12-10(8)6-9;2*1-2-5-14(13)7-3-4-8-9(6-7)11-12-10-8/h2*3-4,6H,2,5,7H2,1H3;2*3-4,6H,2,5H2,1H3,(H,10,11,12). The van der Waals surface area contributed by atoms with E-state index >= 15 is 0 Å². The SMILES string of the molecule is CCCS(=O)c1ccc2c(c1)N=NC2.CCCS(=O)c1ccc2c(c1)N=NC2.CCCS(=O)c1ccc2n[nH]nc2c1.CCCS(=O)c1ccc2n[nH]nc2c1. The van der Waals surface area contributed by atoms with Gasteiger partial charge in [0.05, 0.1) is 67.7 Å². The highest BCUT2D eigenvalue weighted by Gasteiger charge is 2.12. The third-order valence-electron chi connectivity index (χ3n) is 8.14. The van der Waals surface area contributed by atoms with Gasteiger partial charge in [-0.15, -0.1) is 0 Å². The van der Waals surface area contributed by atoms with E-state index in [-0.39, 0.29) is 0 Å². The minimum Gasteiger partial charge on any atom is -0.254 e. The van der Waals surface area contributed by atoms with Crippen LogP contribution in [-0.4, -0.2) is 70.7 Å². The van der Waals surface area contributed by atoms with E-state index in [0.29, 0.717) is 24.6 Å². The minimum absolute atomic E-state index is 0.663. The molecule has 6 aromatic rings. The number of benzene rings is 4. The van der Waals surface area contributed by atoms with Crippen LogP contribution in [0.3, 0.4) is 0 Å². The maximum absolute atomic E-state index is 11.7. The summed E-state index contributed by atoms with van der Waals surface area (Å²) < 4.78 is 46.7. The van der Waals surface area contributed by atoms with Crippen LogP contribution in [0, 0.1) is 0 Å². The monoisotopic (exact) mass is 834 g/mol. The predicted molar refractivity (Wildman–Crippen MR) is 223 cm³/mol. The first-order valence-electron chi connectivity index (χ1n) is 18.4. The summed E-state index contributed by atoms with van der Waals surface area (Å²) in [5, 5.41) is 36.7. The van der Waals surface area contributed by atoms with Crippen LogP contribution in [0.4, 0.5) is 11.4 Å². The molecule has 296 valence electrons. The van der Waals surface area contributed by atoms with Gasteiger partial charge in [-0.2, -0.15) is 51.3 Å². The summed E-state index contributed by atoms with van der Waals surface area (Å²) in [4.78, 5) is 3.39. The maximum Gasteiger partial charge on any atom is 0.114 e. The number of azo groups is 2. The van der Waals surface area contributed by atoms with Crippen molar-refractivity contribution < 1.29 is 16.8 Å². The maximum atomic E-state index is 11.7. The zero-order valence-corrected chi connectivity index (χ0v) is 35.1. The van der Waals surface area contributed by atoms with Gasteiger partial charge >= 0.3 is 0 Å². The van der Waals surface area contributed by atoms with Gasteiger partial charge in [-0.05, 0) is 86.3 Å². The second-order valence-electron chi connectivity index (χ2n) is 12.5. The lowest BCUT2D eigenvalue weighted by Gasteiger charge is -2.01. The topological polar surface area (TPSA) is 201 Å². The van der Waals surface area contributed by atoms with Crippen LogP contribution in [0.5, 0.6) is 0 Å². The molecule has 0 spiro atoms. The van der Waals surface area contributed by atoms with Gasteiger partial charge in [0.1, 0.15) is 22.1 Å². The lowest BCUT2D eigenvalue weighted by atomic mass is 10.2. The number of nitrogens with one attached hydrogen (secondary N) is 2. The molecule has 0 amide bonds. The van der Waals surface area contributed by atoms with Gasteiger partial charge in [-0.3, -0.25) is 16.8 Å². The van der Waals surface area contributed by atoms with Crippen LogP contribution in [0.25, 0.3) is 22.1 Å². The largest absolute Gasteiger partial charge is 0.254 e. The highest BCUT2D eigenvalue weighted by Crippen LogP contribution is 2.30. The average Bonchev–Trinajstić information content (AvgIpc) is 4.05. The first-order valence-corrected chi connectivity index (χ1v) is 23.7. The van der Waals surface area contributed by atoms with Crippen LogP contribution in [0.2, 0.25) is 0 Å². The Morgan fingerprint density at radius 1 is 0.446 bits per heavy atom. The van der Waals surface area contributed by atoms with Crippen molar-refractivity contribution in [2.24, 2.45) is 20.5 Å². The van der Waals surface area contributed by atoms with Crippen molar-refractivity contribution in [3.05, 3.63) is 83.9 Å². The first-order chi connectivity index (χ1) is 27.2. The van der Waals surface area contributed by atoms with E-state index in [2.05, 4.69) is 51.3 Å². The molecule has 2 aliphatic rings. The van der Waals surface area contributed by atoms with Crippen molar-refractivity contribution in [1.29, 1.82) is 0 Å². The molecule has 4 heterocycles. The molecule has 0 bridgehead atoms. The van der Waals surface area contributed by atoms with E-state index in [9.17, 15) is 16.8 Å². The third-order valence-corrected chi connectivity index (χ3v) is 14.4. The molecule has 14 nitrogen and oxygen atoms in total. The van der Waals surface area contributed by atoms with Crippen LogP contribution in [0.1, 0.15) is 64.5 Å². The Morgan fingerprint density at radius 2 is 0.768 bits per heavy atom. The summed E-state index contributed by atoms with van der Waals surface area (Å²) in [6.45, 7) is 9.43. The zero-order chi connectivity index (χ0) is 39.9. The molecule has 0 saturated carbocycles. The highest BCUT2D eigenvalue weighted by molar-refractivity contribution is 7.85. The molecule has 4 unspecified atom stereocenters. The number of aromatic amines is 2. The van der Waals surface area contributed by atoms with Gasteiger partial charge in [0.25, 0.3) is 0 Å². The van der Waals surface area contributed by atoms with Crippen molar-refractivity contribution in [3.8, 4) is 0 Å². The molecular formula is C38H46N10O4S4. The quantitative estimate of drug-likeness (QED) is 0.122. The highest BCUT2D eigenvalue weighted by atomic mass is 32.2. The van der Waals surface area contributed by atoms with Crippen LogP contribution in [0.15, 0.2) is 113 Å². The van der Waals surface area contributed by atoms with Crippen molar-refractivity contribution in [2.75, 3.05) is 23.0 Å². The van der Waals surface area contributed by atoms with Crippen molar-refractivity contribution >= 4 is 76.6 Å². The molecule has 0 fully saturated rings. The Morgan fingerprint density at radius 3 is 1.12 bits per heavy atom. The molecule has 4 aromatic carbocycles. The van der Waals surface area contributed by atoms with Gasteiger partial charge in [0, 0.05) is 53.7 Å². The lowest BCUT2D eigenvalue weighted by molar-refractivity contribution is 0.681. The molecule has 4 atom stereocenters. The lowest BCUT2D eigenvalue weighted by Crippen LogP contribution is -1.96. The molecule has 8 rings (SSSR count). The van der Waals surface area contributed by atoms with Gasteiger partial charge in [0.2, 0.25) is 0 Å². The van der Waals surface area contributed by atoms with Gasteiger partial charge < -0.3 is 0 Å². The smallest absolute Gasteiger partial charge is 0.114 e. The van der Waals surface area contributed by atoms with E-state index in [1.165, 1.54) is 0 Å². The second-order valence-corrected chi connectivity index (χ2v) is 18.8. The van der Waals surface area contributed by atoms with Crippen LogP contribution >= 0.6 is 0 Å². The van der Waals surface area contributed by atoms with Gasteiger partial charge in [-0.25, -0.2) is 0 Å². The fourth-order valence-electron chi connectivity index (χ4n) is 5.34. The number of hydrogen-bond acceptors (Lipinski definition) is 12. The number of hydrogen-bond donors (Lipinski definition) is 2. The van der Waals surface area contributed by atoms with Crippen LogP contribution < -0.4 is 0 Å². The number of H-pyrrole nitrogens is 2. The molecule has 2 aliphatic heterocycles. The van der Waals surface area contributed by atoms with Crippen molar-refractivity contribution in [3.63, 3.8) is 0 Å². The van der Waals surface area contributed by atoms with E-state index < -0.39 is 43.2 Å². The Hall–Kier alpha value is -4.52. The minimum atomic E-state index is -0.905. The van der Waals surface area contributed by atoms with E-state index in [1.54, 1.807) is 0 Å². The molecule has 0 saturated heterocycles. The molecule has 2 N–H and O–H groups in total. The number of fused-ring (bicyclic) bond motifs is 4. The molecule has 2 aromatic heterocycles. The Kier molecular flexibility index (Phi) is 16.5. The zero-order valence-electron chi connectivity index (χ0n) is 31.8. The van der Waals surface area contributed by atoms with Crippen LogP contribution in [-0.2, 0) is 56.3 Å². The number of nitrogens with zero attached hydrogens (tertiary/aromatic N) is 8. The molecule has 0 aliphatic carbocycles. The summed E-state index contributed by atoms with van der Waals surface area (Å²) in [5.74, 6) is 2.83. The summed E-state index contributed by atoms with van der Waals surface area (Å²) >= 11 is 0. The molecular weight excluding hydrogens is 789 g/mol. The summed E-state index contributed by atoms with van der Waals surface area (Å²) in [6, 6.07) is 22.6. The number of rotatable bonds is 12. The van der Waals surface area contributed by atoms with Gasteiger partial charge in [-0.1, -0.05) is 39.8 Å². The van der Waals surface area contributed by atoms with E-state index in [4.69, 9.17) is 0 Å². The molecule has 56 heavy (non-hydrogen) atoms. The summed E-state index contributed by atoms with van der Waals surface area (Å²) in [5.41, 5.74) is 7.17. The third kappa shape index (κ3) is 11.8. The fourth-order valence-corrected chi connectivity index (χ4v) is 9.61. The summed E-state index contributed by atoms with van der Waals surface area (Å²) in [6.07, 6.45) is 3.71. The Bertz CT molecular complexity index is 2230. The normalized spacial score (nSPS) is 14.4. The second kappa shape index (κ2) is 21.7. The van der Waals surface area contributed by atoms with E-state index in [0.717, 1.165) is 101 Å². The van der Waals surface area contributed by atoms with Gasteiger partial charge in [0.15, 0.2) is 0 Å².